The van der Waals surface area contributed by atoms with Gasteiger partial charge in [-0.1, -0.05) is 12.1 Å². The molecule has 2 aliphatic rings. The standard InChI is InChI=1S/C18H23NO5/c1-17(2,3)24-16(22)19-8-4-5-12-9-13(6-7-14(12)19)18(15(20)21)10-23-11-18/h6-7,9H,4-5,8,10-11H2,1-3H3,(H,20,21). The topological polar surface area (TPSA) is 76.1 Å². The number of aryl methyl sites for hydroxylation is 1. The zero-order chi connectivity index (χ0) is 17.5. The van der Waals surface area contributed by atoms with E-state index >= 15 is 0 Å². The van der Waals surface area contributed by atoms with Gasteiger partial charge in [0.25, 0.3) is 0 Å². The molecular weight excluding hydrogens is 310 g/mol. The zero-order valence-corrected chi connectivity index (χ0v) is 14.3. The van der Waals surface area contributed by atoms with E-state index < -0.39 is 17.0 Å². The van der Waals surface area contributed by atoms with Gasteiger partial charge in [0.1, 0.15) is 11.0 Å². The van der Waals surface area contributed by atoms with E-state index in [9.17, 15) is 14.7 Å². The maximum absolute atomic E-state index is 12.4. The molecule has 1 saturated heterocycles. The average molecular weight is 333 g/mol. The van der Waals surface area contributed by atoms with Crippen LogP contribution in [0.2, 0.25) is 0 Å². The molecule has 0 aliphatic carbocycles. The first-order valence-electron chi connectivity index (χ1n) is 8.18. The van der Waals surface area contributed by atoms with Gasteiger partial charge in [-0.05, 0) is 50.8 Å². The molecule has 0 spiro atoms. The van der Waals surface area contributed by atoms with E-state index in [1.165, 1.54) is 0 Å². The van der Waals surface area contributed by atoms with Crippen LogP contribution in [-0.4, -0.2) is 42.5 Å². The molecule has 0 aromatic heterocycles. The highest BCUT2D eigenvalue weighted by Gasteiger charge is 2.48. The molecular formula is C18H23NO5. The third-order valence-corrected chi connectivity index (χ3v) is 4.47. The molecule has 1 N–H and O–H groups in total. The molecule has 0 saturated carbocycles. The first-order chi connectivity index (χ1) is 11.2. The third-order valence-electron chi connectivity index (χ3n) is 4.47. The molecule has 24 heavy (non-hydrogen) atoms. The van der Waals surface area contributed by atoms with Gasteiger partial charge >= 0.3 is 12.1 Å². The van der Waals surface area contributed by atoms with Gasteiger partial charge in [-0.3, -0.25) is 9.69 Å². The van der Waals surface area contributed by atoms with Crippen LogP contribution in [0.1, 0.15) is 38.3 Å². The molecule has 3 rings (SSSR count). The fourth-order valence-electron chi connectivity index (χ4n) is 3.12. The number of benzene rings is 1. The fraction of sp³-hybridized carbons (Fsp3) is 0.556. The number of carboxylic acids is 1. The van der Waals surface area contributed by atoms with Crippen molar-refractivity contribution in [1.29, 1.82) is 0 Å². The molecule has 0 bridgehead atoms. The average Bonchev–Trinajstić information content (AvgIpc) is 2.43. The van der Waals surface area contributed by atoms with Crippen LogP contribution >= 0.6 is 0 Å². The minimum absolute atomic E-state index is 0.191. The van der Waals surface area contributed by atoms with Gasteiger partial charge in [0.2, 0.25) is 0 Å². The highest BCUT2D eigenvalue weighted by molar-refractivity contribution is 5.90. The summed E-state index contributed by atoms with van der Waals surface area (Å²) in [6.07, 6.45) is 1.28. The van der Waals surface area contributed by atoms with Gasteiger partial charge in [-0.2, -0.15) is 0 Å². The summed E-state index contributed by atoms with van der Waals surface area (Å²) in [6.45, 7) is 6.51. The van der Waals surface area contributed by atoms with E-state index in [-0.39, 0.29) is 19.3 Å². The van der Waals surface area contributed by atoms with Crippen LogP contribution in [0.25, 0.3) is 0 Å². The number of amides is 1. The van der Waals surface area contributed by atoms with E-state index in [0.717, 1.165) is 29.7 Å². The second-order valence-electron chi connectivity index (χ2n) is 7.46. The van der Waals surface area contributed by atoms with Crippen molar-refractivity contribution < 1.29 is 24.2 Å². The van der Waals surface area contributed by atoms with Crippen molar-refractivity contribution in [2.75, 3.05) is 24.7 Å². The molecule has 6 heteroatoms. The van der Waals surface area contributed by atoms with Crippen molar-refractivity contribution >= 4 is 17.7 Å². The number of carbonyl (C=O) groups excluding carboxylic acids is 1. The Morgan fingerprint density at radius 3 is 2.54 bits per heavy atom. The Balaban J connectivity index is 1.90. The van der Waals surface area contributed by atoms with Crippen LogP contribution < -0.4 is 4.90 Å². The van der Waals surface area contributed by atoms with Crippen molar-refractivity contribution in [2.24, 2.45) is 0 Å². The number of carboxylic acid groups (broad SMARTS) is 1. The molecule has 1 aromatic carbocycles. The number of rotatable bonds is 2. The summed E-state index contributed by atoms with van der Waals surface area (Å²) >= 11 is 0. The van der Waals surface area contributed by atoms with Gasteiger partial charge in [-0.25, -0.2) is 4.79 Å². The molecule has 130 valence electrons. The second kappa shape index (κ2) is 5.77. The van der Waals surface area contributed by atoms with Gasteiger partial charge in [0.15, 0.2) is 0 Å². The number of nitrogens with zero attached hydrogens (tertiary/aromatic N) is 1. The van der Waals surface area contributed by atoms with Crippen molar-refractivity contribution in [3.8, 4) is 0 Å². The first kappa shape index (κ1) is 16.8. The molecule has 1 amide bonds. The lowest BCUT2D eigenvalue weighted by Crippen LogP contribution is -2.53. The summed E-state index contributed by atoms with van der Waals surface area (Å²) in [7, 11) is 0. The smallest absolute Gasteiger partial charge is 0.414 e. The van der Waals surface area contributed by atoms with Crippen molar-refractivity contribution in [3.63, 3.8) is 0 Å². The summed E-state index contributed by atoms with van der Waals surface area (Å²) in [5, 5.41) is 9.54. The quantitative estimate of drug-likeness (QED) is 0.900. The summed E-state index contributed by atoms with van der Waals surface area (Å²) in [6, 6.07) is 5.53. The number of anilines is 1. The normalized spacial score (nSPS) is 19.2. The van der Waals surface area contributed by atoms with E-state index in [4.69, 9.17) is 9.47 Å². The maximum Gasteiger partial charge on any atom is 0.414 e. The van der Waals surface area contributed by atoms with Crippen LogP contribution in [0, 0.1) is 0 Å². The van der Waals surface area contributed by atoms with Crippen LogP contribution in [0.3, 0.4) is 0 Å². The Kier molecular flexibility index (Phi) is 4.03. The Morgan fingerprint density at radius 1 is 1.29 bits per heavy atom. The number of ether oxygens (including phenoxy) is 2. The van der Waals surface area contributed by atoms with Crippen molar-refractivity contribution in [3.05, 3.63) is 29.3 Å². The van der Waals surface area contributed by atoms with Gasteiger partial charge in [0.05, 0.1) is 18.9 Å². The Hall–Kier alpha value is -2.08. The lowest BCUT2D eigenvalue weighted by Gasteiger charge is -2.39. The molecule has 0 atom stereocenters. The van der Waals surface area contributed by atoms with Crippen LogP contribution in [0.4, 0.5) is 10.5 Å². The first-order valence-corrected chi connectivity index (χ1v) is 8.18. The van der Waals surface area contributed by atoms with E-state index in [1.54, 1.807) is 11.0 Å². The summed E-state index contributed by atoms with van der Waals surface area (Å²) < 4.78 is 10.6. The SMILES string of the molecule is CC(C)(C)OC(=O)N1CCCc2cc(C3(C(=O)O)COC3)ccc21. The highest BCUT2D eigenvalue weighted by Crippen LogP contribution is 2.37. The predicted octanol–water partition coefficient (Wildman–Crippen LogP) is 2.73. The monoisotopic (exact) mass is 333 g/mol. The van der Waals surface area contributed by atoms with Crippen LogP contribution in [-0.2, 0) is 26.1 Å². The minimum Gasteiger partial charge on any atom is -0.480 e. The van der Waals surface area contributed by atoms with Gasteiger partial charge in [0, 0.05) is 6.54 Å². The molecule has 0 unspecified atom stereocenters. The minimum atomic E-state index is -0.955. The van der Waals surface area contributed by atoms with E-state index in [1.807, 2.05) is 32.9 Å². The summed E-state index contributed by atoms with van der Waals surface area (Å²) in [5.41, 5.74) is 1.03. The summed E-state index contributed by atoms with van der Waals surface area (Å²) in [4.78, 5) is 25.7. The molecule has 2 heterocycles. The summed E-state index contributed by atoms with van der Waals surface area (Å²) in [5.74, 6) is -0.867. The lowest BCUT2D eigenvalue weighted by atomic mass is 9.77. The molecule has 2 aliphatic heterocycles. The number of aliphatic carboxylic acids is 1. The number of hydrogen-bond acceptors (Lipinski definition) is 4. The number of hydrogen-bond donors (Lipinski definition) is 1. The lowest BCUT2D eigenvalue weighted by molar-refractivity contribution is -0.163. The molecule has 6 nitrogen and oxygen atoms in total. The molecule has 0 radical (unpaired) electrons. The fourth-order valence-corrected chi connectivity index (χ4v) is 3.12. The number of fused-ring (bicyclic) bond motifs is 1. The number of carbonyl (C=O) groups is 2. The second-order valence-corrected chi connectivity index (χ2v) is 7.46. The largest absolute Gasteiger partial charge is 0.480 e. The predicted molar refractivity (Wildman–Crippen MR) is 88.5 cm³/mol. The molecule has 1 aromatic rings. The van der Waals surface area contributed by atoms with Crippen LogP contribution in [0.15, 0.2) is 18.2 Å². The van der Waals surface area contributed by atoms with Crippen molar-refractivity contribution in [1.82, 2.24) is 0 Å². The third kappa shape index (κ3) is 2.86. The van der Waals surface area contributed by atoms with Gasteiger partial charge < -0.3 is 14.6 Å². The van der Waals surface area contributed by atoms with Crippen molar-refractivity contribution in [2.45, 2.75) is 44.6 Å². The van der Waals surface area contributed by atoms with E-state index in [2.05, 4.69) is 0 Å². The zero-order valence-electron chi connectivity index (χ0n) is 14.3. The van der Waals surface area contributed by atoms with Crippen LogP contribution in [0.5, 0.6) is 0 Å². The Bertz CT molecular complexity index is 672. The van der Waals surface area contributed by atoms with Gasteiger partial charge in [-0.15, -0.1) is 0 Å². The van der Waals surface area contributed by atoms with E-state index in [0.29, 0.717) is 6.54 Å². The maximum atomic E-state index is 12.4. The Labute approximate surface area is 141 Å². The Morgan fingerprint density at radius 2 is 2.00 bits per heavy atom. The molecule has 1 fully saturated rings. The highest BCUT2D eigenvalue weighted by atomic mass is 16.6.